The number of nitrogens with zero attached hydrogens (tertiary/aromatic N) is 1. The molecule has 0 spiro atoms. The molecular weight excluding hydrogens is 432 g/mol. The maximum atomic E-state index is 12.6. The van der Waals surface area contributed by atoms with Gasteiger partial charge in [0.05, 0.1) is 13.2 Å². The summed E-state index contributed by atoms with van der Waals surface area (Å²) in [4.78, 5) is 26.3. The van der Waals surface area contributed by atoms with Crippen molar-refractivity contribution in [1.82, 2.24) is 10.2 Å². The van der Waals surface area contributed by atoms with Crippen LogP contribution in [0.5, 0.6) is 17.2 Å². The number of ether oxygens (including phenoxy) is 3. The van der Waals surface area contributed by atoms with Gasteiger partial charge in [-0.05, 0) is 70.5 Å². The average molecular weight is 469 g/mol. The second-order valence-corrected chi connectivity index (χ2v) is 8.63. The molecule has 0 aromatic heterocycles. The highest BCUT2D eigenvalue weighted by molar-refractivity contribution is 5.94. The van der Waals surface area contributed by atoms with Gasteiger partial charge in [-0.2, -0.15) is 0 Å². The van der Waals surface area contributed by atoms with Gasteiger partial charge in [-0.3, -0.25) is 9.59 Å². The number of amides is 2. The first-order valence-corrected chi connectivity index (χ1v) is 11.6. The molecule has 7 heteroatoms. The van der Waals surface area contributed by atoms with Crippen LogP contribution in [-0.4, -0.2) is 55.2 Å². The highest BCUT2D eigenvalue weighted by Crippen LogP contribution is 2.29. The molecule has 2 aromatic rings. The van der Waals surface area contributed by atoms with Gasteiger partial charge in [0.1, 0.15) is 19.0 Å². The summed E-state index contributed by atoms with van der Waals surface area (Å²) in [6, 6.07) is 15.0. The smallest absolute Gasteiger partial charge is 0.247 e. The van der Waals surface area contributed by atoms with Crippen molar-refractivity contribution in [2.45, 2.75) is 40.2 Å². The van der Waals surface area contributed by atoms with Gasteiger partial charge < -0.3 is 24.4 Å². The van der Waals surface area contributed by atoms with Gasteiger partial charge in [-0.25, -0.2) is 0 Å². The lowest BCUT2D eigenvalue weighted by molar-refractivity contribution is -0.132. The van der Waals surface area contributed by atoms with Crippen LogP contribution in [0.3, 0.4) is 0 Å². The number of likely N-dealkylation sites (N-methyl/N-ethyl adjacent to an activating group) is 1. The number of carbonyl (C=O) groups is 2. The van der Waals surface area contributed by atoms with E-state index in [1.54, 1.807) is 6.08 Å². The van der Waals surface area contributed by atoms with Gasteiger partial charge >= 0.3 is 0 Å². The SMILES string of the molecule is CCOc1cc(/C=C/C(=O)N(CC)CC(=O)NC(C)(C)C)ccc1OCCOc1ccccc1. The van der Waals surface area contributed by atoms with E-state index < -0.39 is 0 Å². The van der Waals surface area contributed by atoms with Gasteiger partial charge in [-0.1, -0.05) is 24.3 Å². The largest absolute Gasteiger partial charge is 0.490 e. The molecule has 184 valence electrons. The van der Waals surface area contributed by atoms with Crippen molar-refractivity contribution < 1.29 is 23.8 Å². The van der Waals surface area contributed by atoms with Crippen LogP contribution < -0.4 is 19.5 Å². The molecule has 0 fully saturated rings. The molecule has 0 unspecified atom stereocenters. The van der Waals surface area contributed by atoms with Crippen molar-refractivity contribution in [3.05, 3.63) is 60.2 Å². The Labute approximate surface area is 202 Å². The molecule has 2 amide bonds. The Morgan fingerprint density at radius 1 is 0.941 bits per heavy atom. The van der Waals surface area contributed by atoms with Crippen molar-refractivity contribution in [3.8, 4) is 17.2 Å². The summed E-state index contributed by atoms with van der Waals surface area (Å²) < 4.78 is 17.2. The normalized spacial score (nSPS) is 11.2. The Balaban J connectivity index is 1.96. The van der Waals surface area contributed by atoms with Gasteiger partial charge in [0.2, 0.25) is 11.8 Å². The summed E-state index contributed by atoms with van der Waals surface area (Å²) in [7, 11) is 0. The Morgan fingerprint density at radius 3 is 2.29 bits per heavy atom. The van der Waals surface area contributed by atoms with Crippen molar-refractivity contribution in [2.75, 3.05) is 32.9 Å². The Hall–Kier alpha value is -3.48. The number of benzene rings is 2. The fourth-order valence-corrected chi connectivity index (χ4v) is 3.09. The molecule has 0 aliphatic carbocycles. The molecule has 7 nitrogen and oxygen atoms in total. The third-order valence-corrected chi connectivity index (χ3v) is 4.58. The lowest BCUT2D eigenvalue weighted by Gasteiger charge is -2.24. The Kier molecular flexibility index (Phi) is 10.5. The summed E-state index contributed by atoms with van der Waals surface area (Å²) in [6.45, 7) is 11.2. The molecular formula is C27H36N2O5. The number of carbonyl (C=O) groups excluding carboxylic acids is 2. The van der Waals surface area contributed by atoms with Crippen LogP contribution in [0.4, 0.5) is 0 Å². The van der Waals surface area contributed by atoms with E-state index in [4.69, 9.17) is 14.2 Å². The van der Waals surface area contributed by atoms with Gasteiger partial charge in [0, 0.05) is 18.2 Å². The first kappa shape index (κ1) is 26.8. The Morgan fingerprint density at radius 2 is 1.65 bits per heavy atom. The van der Waals surface area contributed by atoms with E-state index in [1.165, 1.54) is 11.0 Å². The third-order valence-electron chi connectivity index (χ3n) is 4.58. The minimum Gasteiger partial charge on any atom is -0.490 e. The molecule has 0 atom stereocenters. The second-order valence-electron chi connectivity index (χ2n) is 8.63. The molecule has 0 heterocycles. The molecule has 0 aliphatic rings. The molecule has 34 heavy (non-hydrogen) atoms. The average Bonchev–Trinajstić information content (AvgIpc) is 2.79. The molecule has 0 saturated heterocycles. The third kappa shape index (κ3) is 9.57. The second kappa shape index (κ2) is 13.3. The molecule has 0 radical (unpaired) electrons. The molecule has 2 aromatic carbocycles. The van der Waals surface area contributed by atoms with E-state index in [-0.39, 0.29) is 23.9 Å². The summed E-state index contributed by atoms with van der Waals surface area (Å²) in [5, 5.41) is 2.87. The first-order valence-electron chi connectivity index (χ1n) is 11.6. The maximum absolute atomic E-state index is 12.6. The van der Waals surface area contributed by atoms with E-state index in [1.807, 2.05) is 83.1 Å². The number of rotatable bonds is 12. The van der Waals surface area contributed by atoms with Crippen LogP contribution in [-0.2, 0) is 9.59 Å². The van der Waals surface area contributed by atoms with E-state index in [2.05, 4.69) is 5.32 Å². The highest BCUT2D eigenvalue weighted by Gasteiger charge is 2.18. The quantitative estimate of drug-likeness (QED) is 0.371. The number of nitrogens with one attached hydrogen (secondary N) is 1. The van der Waals surface area contributed by atoms with Crippen molar-refractivity contribution in [1.29, 1.82) is 0 Å². The van der Waals surface area contributed by atoms with Crippen LogP contribution >= 0.6 is 0 Å². The number of para-hydroxylation sites is 1. The van der Waals surface area contributed by atoms with Crippen molar-refractivity contribution in [2.24, 2.45) is 0 Å². The molecule has 0 aliphatic heterocycles. The van der Waals surface area contributed by atoms with E-state index >= 15 is 0 Å². The van der Waals surface area contributed by atoms with E-state index in [0.717, 1.165) is 11.3 Å². The molecule has 1 N–H and O–H groups in total. The van der Waals surface area contributed by atoms with Gasteiger partial charge in [0.15, 0.2) is 11.5 Å². The van der Waals surface area contributed by atoms with Gasteiger partial charge in [0.25, 0.3) is 0 Å². The van der Waals surface area contributed by atoms with Crippen molar-refractivity contribution >= 4 is 17.9 Å². The molecule has 2 rings (SSSR count). The minimum absolute atomic E-state index is 0.0129. The summed E-state index contributed by atoms with van der Waals surface area (Å²) in [5.41, 5.74) is 0.447. The predicted octanol–water partition coefficient (Wildman–Crippen LogP) is 4.32. The summed E-state index contributed by atoms with van der Waals surface area (Å²) in [5.74, 6) is 1.57. The Bertz CT molecular complexity index is 951. The van der Waals surface area contributed by atoms with Gasteiger partial charge in [-0.15, -0.1) is 0 Å². The fourth-order valence-electron chi connectivity index (χ4n) is 3.09. The fraction of sp³-hybridized carbons (Fsp3) is 0.407. The van der Waals surface area contributed by atoms with Crippen LogP contribution in [0.25, 0.3) is 6.08 Å². The van der Waals surface area contributed by atoms with Crippen LogP contribution in [0.1, 0.15) is 40.2 Å². The van der Waals surface area contributed by atoms with Crippen molar-refractivity contribution in [3.63, 3.8) is 0 Å². The highest BCUT2D eigenvalue weighted by atomic mass is 16.5. The lowest BCUT2D eigenvalue weighted by Crippen LogP contribution is -2.47. The zero-order valence-electron chi connectivity index (χ0n) is 20.8. The molecule has 0 saturated carbocycles. The molecule has 0 bridgehead atoms. The minimum atomic E-state index is -0.345. The summed E-state index contributed by atoms with van der Waals surface area (Å²) >= 11 is 0. The lowest BCUT2D eigenvalue weighted by atomic mass is 10.1. The summed E-state index contributed by atoms with van der Waals surface area (Å²) in [6.07, 6.45) is 3.17. The first-order chi connectivity index (χ1) is 16.2. The standard InChI is InChI=1S/C27H36N2O5/c1-6-29(20-25(30)28-27(3,4)5)26(31)16-14-21-13-15-23(24(19-21)32-7-2)34-18-17-33-22-11-9-8-10-12-22/h8-16,19H,6-7,17-18,20H2,1-5H3,(H,28,30)/b16-14+. The number of hydrogen-bond acceptors (Lipinski definition) is 5. The number of hydrogen-bond donors (Lipinski definition) is 1. The van der Waals surface area contributed by atoms with E-state index in [0.29, 0.717) is 37.9 Å². The zero-order chi connectivity index (χ0) is 25.0. The van der Waals surface area contributed by atoms with E-state index in [9.17, 15) is 9.59 Å². The maximum Gasteiger partial charge on any atom is 0.247 e. The topological polar surface area (TPSA) is 77.1 Å². The zero-order valence-corrected chi connectivity index (χ0v) is 20.8. The predicted molar refractivity (Wildman–Crippen MR) is 134 cm³/mol. The van der Waals surface area contributed by atoms with Crippen LogP contribution in [0.2, 0.25) is 0 Å². The monoisotopic (exact) mass is 468 g/mol. The van der Waals surface area contributed by atoms with Crippen LogP contribution in [0.15, 0.2) is 54.6 Å². The van der Waals surface area contributed by atoms with Crippen LogP contribution in [0, 0.1) is 0 Å².